The van der Waals surface area contributed by atoms with Gasteiger partial charge >= 0.3 is 5.97 Å². The van der Waals surface area contributed by atoms with E-state index in [4.69, 9.17) is 27.9 Å². The summed E-state index contributed by atoms with van der Waals surface area (Å²) in [6.45, 7) is 4.26. The number of benzene rings is 1. The monoisotopic (exact) mass is 451 g/mol. The highest BCUT2D eigenvalue weighted by Gasteiger charge is 2.29. The van der Waals surface area contributed by atoms with E-state index in [1.165, 1.54) is 22.3 Å². The molecular weight excluding hydrogens is 429 g/mol. The molecule has 0 radical (unpaired) electrons. The van der Waals surface area contributed by atoms with Gasteiger partial charge in [-0.1, -0.05) is 42.6 Å². The number of nitrogens with one attached hydrogen (secondary N) is 1. The highest BCUT2D eigenvalue weighted by molar-refractivity contribution is 7.17. The third-order valence-electron chi connectivity index (χ3n) is 5.04. The molecule has 1 heterocycles. The lowest BCUT2D eigenvalue weighted by atomic mass is 9.85. The molecule has 1 N–H and O–H groups in total. The summed E-state index contributed by atoms with van der Waals surface area (Å²) in [6.07, 6.45) is 6.96. The Balaban J connectivity index is 1.83. The summed E-state index contributed by atoms with van der Waals surface area (Å²) < 4.78 is 5.25. The summed E-state index contributed by atoms with van der Waals surface area (Å²) >= 11 is 13.5. The second-order valence-electron chi connectivity index (χ2n) is 6.93. The second-order valence-corrected chi connectivity index (χ2v) is 8.88. The molecule has 0 bridgehead atoms. The molecule has 29 heavy (non-hydrogen) atoms. The van der Waals surface area contributed by atoms with Crippen LogP contribution in [0.2, 0.25) is 10.0 Å². The molecule has 0 saturated heterocycles. The molecule has 1 aromatic carbocycles. The van der Waals surface area contributed by atoms with E-state index in [0.717, 1.165) is 31.2 Å². The lowest BCUT2D eigenvalue weighted by molar-refractivity contribution is -0.111. The van der Waals surface area contributed by atoms with Crippen LogP contribution in [0.5, 0.6) is 0 Å². The first-order valence-electron chi connectivity index (χ1n) is 9.68. The molecule has 0 fully saturated rings. The number of hydrogen-bond acceptors (Lipinski definition) is 4. The molecule has 1 amide bonds. The van der Waals surface area contributed by atoms with E-state index >= 15 is 0 Å². The van der Waals surface area contributed by atoms with Gasteiger partial charge in [0.05, 0.1) is 12.2 Å². The first-order chi connectivity index (χ1) is 13.9. The predicted octanol–water partition coefficient (Wildman–Crippen LogP) is 6.40. The van der Waals surface area contributed by atoms with Crippen LogP contribution < -0.4 is 5.32 Å². The van der Waals surface area contributed by atoms with Gasteiger partial charge in [0, 0.05) is 21.0 Å². The Hall–Kier alpha value is -1.82. The van der Waals surface area contributed by atoms with Gasteiger partial charge in [0.2, 0.25) is 5.91 Å². The molecule has 1 aliphatic carbocycles. The number of fused-ring (bicyclic) bond motifs is 1. The minimum Gasteiger partial charge on any atom is -0.462 e. The summed E-state index contributed by atoms with van der Waals surface area (Å²) in [6, 6.07) is 5.07. The Bertz CT molecular complexity index is 952. The summed E-state index contributed by atoms with van der Waals surface area (Å²) in [4.78, 5) is 26.3. The largest absolute Gasteiger partial charge is 0.462 e. The van der Waals surface area contributed by atoms with Crippen molar-refractivity contribution in [2.24, 2.45) is 5.92 Å². The van der Waals surface area contributed by atoms with Crippen LogP contribution in [0.3, 0.4) is 0 Å². The van der Waals surface area contributed by atoms with Gasteiger partial charge in [-0.3, -0.25) is 4.79 Å². The molecule has 7 heteroatoms. The molecule has 1 aromatic heterocycles. The number of ether oxygens (including phenoxy) is 1. The minimum absolute atomic E-state index is 0.295. The smallest absolute Gasteiger partial charge is 0.341 e. The van der Waals surface area contributed by atoms with Gasteiger partial charge < -0.3 is 10.1 Å². The molecule has 1 atom stereocenters. The number of hydrogen-bond donors (Lipinski definition) is 1. The van der Waals surface area contributed by atoms with Gasteiger partial charge in [-0.25, -0.2) is 4.79 Å². The van der Waals surface area contributed by atoms with Crippen LogP contribution in [0.1, 0.15) is 53.1 Å². The maximum absolute atomic E-state index is 12.6. The average Bonchev–Trinajstić information content (AvgIpc) is 3.04. The van der Waals surface area contributed by atoms with Crippen LogP contribution >= 0.6 is 34.5 Å². The SMILES string of the molecule is CCOC(=O)c1c(NC(=O)/C=C/c2ccc(Cl)cc2Cl)sc2c1CCC(CC)C2. The third-order valence-corrected chi connectivity index (χ3v) is 6.77. The molecular formula is C22H23Cl2NO3S. The van der Waals surface area contributed by atoms with Crippen molar-refractivity contribution < 1.29 is 14.3 Å². The number of rotatable bonds is 6. The quantitative estimate of drug-likeness (QED) is 0.408. The predicted molar refractivity (Wildman–Crippen MR) is 120 cm³/mol. The lowest BCUT2D eigenvalue weighted by Gasteiger charge is -2.20. The number of amides is 1. The zero-order chi connectivity index (χ0) is 21.0. The van der Waals surface area contributed by atoms with Gasteiger partial charge in [0.1, 0.15) is 5.00 Å². The molecule has 0 aliphatic heterocycles. The van der Waals surface area contributed by atoms with Crippen molar-refractivity contribution in [2.45, 2.75) is 39.5 Å². The number of thiophene rings is 1. The van der Waals surface area contributed by atoms with Crippen molar-refractivity contribution in [2.75, 3.05) is 11.9 Å². The van der Waals surface area contributed by atoms with E-state index in [1.54, 1.807) is 31.2 Å². The summed E-state index contributed by atoms with van der Waals surface area (Å²) in [7, 11) is 0. The molecule has 154 valence electrons. The number of halogens is 2. The number of anilines is 1. The highest BCUT2D eigenvalue weighted by Crippen LogP contribution is 2.40. The van der Waals surface area contributed by atoms with Crippen molar-refractivity contribution in [1.29, 1.82) is 0 Å². The van der Waals surface area contributed by atoms with Crippen molar-refractivity contribution in [1.82, 2.24) is 0 Å². The van der Waals surface area contributed by atoms with Crippen molar-refractivity contribution >= 4 is 57.5 Å². The lowest BCUT2D eigenvalue weighted by Crippen LogP contribution is -2.16. The van der Waals surface area contributed by atoms with E-state index in [2.05, 4.69) is 12.2 Å². The number of carbonyl (C=O) groups excluding carboxylic acids is 2. The fraction of sp³-hybridized carbons (Fsp3) is 0.364. The van der Waals surface area contributed by atoms with Crippen molar-refractivity contribution in [3.8, 4) is 0 Å². The molecule has 0 spiro atoms. The van der Waals surface area contributed by atoms with E-state index in [9.17, 15) is 9.59 Å². The van der Waals surface area contributed by atoms with Crippen LogP contribution in [0, 0.1) is 5.92 Å². The zero-order valence-electron chi connectivity index (χ0n) is 16.4. The second kappa shape index (κ2) is 9.79. The van der Waals surface area contributed by atoms with Crippen molar-refractivity contribution in [3.05, 3.63) is 55.9 Å². The highest BCUT2D eigenvalue weighted by atomic mass is 35.5. The minimum atomic E-state index is -0.375. The Morgan fingerprint density at radius 3 is 2.79 bits per heavy atom. The van der Waals surface area contributed by atoms with E-state index in [1.807, 2.05) is 0 Å². The summed E-state index contributed by atoms with van der Waals surface area (Å²) in [5.74, 6) is -0.0844. The standard InChI is InChI=1S/C22H23Cl2NO3S/c1-3-13-5-9-16-18(11-13)29-21(20(16)22(27)28-4-2)25-19(26)10-7-14-6-8-15(23)12-17(14)24/h6-8,10,12-13H,3-5,9,11H2,1-2H3,(H,25,26)/b10-7+. The average molecular weight is 452 g/mol. The topological polar surface area (TPSA) is 55.4 Å². The number of esters is 1. The maximum Gasteiger partial charge on any atom is 0.341 e. The Morgan fingerprint density at radius 1 is 1.31 bits per heavy atom. The van der Waals surface area contributed by atoms with Gasteiger partial charge in [-0.05, 0) is 61.4 Å². The first-order valence-corrected chi connectivity index (χ1v) is 11.3. The van der Waals surface area contributed by atoms with Crippen LogP contribution in [0.15, 0.2) is 24.3 Å². The van der Waals surface area contributed by atoms with Crippen LogP contribution in [-0.2, 0) is 22.4 Å². The molecule has 1 unspecified atom stereocenters. The Morgan fingerprint density at radius 2 is 2.10 bits per heavy atom. The van der Waals surface area contributed by atoms with E-state index in [0.29, 0.717) is 38.7 Å². The van der Waals surface area contributed by atoms with E-state index in [-0.39, 0.29) is 11.9 Å². The normalized spacial score (nSPS) is 15.9. The van der Waals surface area contributed by atoms with Crippen molar-refractivity contribution in [3.63, 3.8) is 0 Å². The molecule has 0 saturated carbocycles. The summed E-state index contributed by atoms with van der Waals surface area (Å²) in [5.41, 5.74) is 2.22. The Labute approximate surface area is 184 Å². The van der Waals surface area contributed by atoms with Gasteiger partial charge in [-0.15, -0.1) is 11.3 Å². The van der Waals surface area contributed by atoms with Crippen LogP contribution in [-0.4, -0.2) is 18.5 Å². The van der Waals surface area contributed by atoms with Gasteiger partial charge in [-0.2, -0.15) is 0 Å². The maximum atomic E-state index is 12.6. The fourth-order valence-electron chi connectivity index (χ4n) is 3.47. The van der Waals surface area contributed by atoms with Gasteiger partial charge in [0.25, 0.3) is 0 Å². The van der Waals surface area contributed by atoms with Crippen LogP contribution in [0.25, 0.3) is 6.08 Å². The molecule has 1 aliphatic rings. The fourth-order valence-corrected chi connectivity index (χ4v) is 5.29. The first kappa shape index (κ1) is 21.9. The molecule has 3 rings (SSSR count). The van der Waals surface area contributed by atoms with E-state index < -0.39 is 0 Å². The van der Waals surface area contributed by atoms with Crippen LogP contribution in [0.4, 0.5) is 5.00 Å². The molecule has 2 aromatic rings. The number of carbonyl (C=O) groups is 2. The molecule has 4 nitrogen and oxygen atoms in total. The zero-order valence-corrected chi connectivity index (χ0v) is 18.7. The van der Waals surface area contributed by atoms with Gasteiger partial charge in [0.15, 0.2) is 0 Å². The third kappa shape index (κ3) is 5.21. The summed E-state index contributed by atoms with van der Waals surface area (Å²) in [5, 5.41) is 4.42. The Kier molecular flexibility index (Phi) is 7.38.